The van der Waals surface area contributed by atoms with E-state index < -0.39 is 5.97 Å². The van der Waals surface area contributed by atoms with Crippen LogP contribution >= 0.6 is 22.9 Å². The first kappa shape index (κ1) is 18.2. The average Bonchev–Trinajstić information content (AvgIpc) is 2.97. The summed E-state index contributed by atoms with van der Waals surface area (Å²) in [4.78, 5) is 26.0. The molecule has 0 spiro atoms. The number of esters is 1. The first-order chi connectivity index (χ1) is 12.5. The van der Waals surface area contributed by atoms with Crippen LogP contribution in [0.1, 0.15) is 25.6 Å². The molecule has 132 valence electrons. The van der Waals surface area contributed by atoms with E-state index in [0.717, 1.165) is 16.0 Å². The number of thiophene rings is 1. The molecular formula is C20H16ClNO3S. The van der Waals surface area contributed by atoms with Crippen LogP contribution in [0.25, 0.3) is 11.1 Å². The van der Waals surface area contributed by atoms with Gasteiger partial charge in [0.15, 0.2) is 0 Å². The van der Waals surface area contributed by atoms with Crippen molar-refractivity contribution in [3.05, 3.63) is 75.6 Å². The standard InChI is InChI=1S/C20H16ClNO3S/c1-12-16(13-8-4-3-5-9-13)17(20(24)25-2)19(26-12)22-18(23)14-10-6-7-11-15(14)21/h3-11H,1-2H3,(H,22,23). The van der Waals surface area contributed by atoms with Crippen LogP contribution in [0, 0.1) is 6.92 Å². The molecule has 4 nitrogen and oxygen atoms in total. The summed E-state index contributed by atoms with van der Waals surface area (Å²) < 4.78 is 4.95. The molecule has 0 radical (unpaired) electrons. The number of rotatable bonds is 4. The zero-order chi connectivity index (χ0) is 18.7. The highest BCUT2D eigenvalue weighted by Gasteiger charge is 2.25. The number of hydrogen-bond acceptors (Lipinski definition) is 4. The van der Waals surface area contributed by atoms with Crippen LogP contribution in [-0.4, -0.2) is 19.0 Å². The highest BCUT2D eigenvalue weighted by atomic mass is 35.5. The van der Waals surface area contributed by atoms with Gasteiger partial charge in [-0.3, -0.25) is 4.79 Å². The van der Waals surface area contributed by atoms with Crippen molar-refractivity contribution < 1.29 is 14.3 Å². The second-order valence-electron chi connectivity index (χ2n) is 5.53. The van der Waals surface area contributed by atoms with Crippen molar-refractivity contribution in [3.63, 3.8) is 0 Å². The largest absolute Gasteiger partial charge is 0.465 e. The van der Waals surface area contributed by atoms with Crippen LogP contribution in [0.4, 0.5) is 5.00 Å². The summed E-state index contributed by atoms with van der Waals surface area (Å²) in [5.74, 6) is -0.871. The van der Waals surface area contributed by atoms with E-state index in [2.05, 4.69) is 5.32 Å². The van der Waals surface area contributed by atoms with E-state index in [1.165, 1.54) is 18.4 Å². The van der Waals surface area contributed by atoms with Gasteiger partial charge in [-0.15, -0.1) is 11.3 Å². The number of methoxy groups -OCH3 is 1. The molecule has 3 aromatic rings. The number of hydrogen-bond donors (Lipinski definition) is 1. The highest BCUT2D eigenvalue weighted by molar-refractivity contribution is 7.17. The Bertz CT molecular complexity index is 966. The smallest absolute Gasteiger partial charge is 0.341 e. The molecule has 0 bridgehead atoms. The molecule has 0 saturated heterocycles. The van der Waals surface area contributed by atoms with Crippen LogP contribution in [0.15, 0.2) is 54.6 Å². The summed E-state index contributed by atoms with van der Waals surface area (Å²) in [7, 11) is 1.32. The van der Waals surface area contributed by atoms with Gasteiger partial charge in [-0.05, 0) is 24.6 Å². The first-order valence-electron chi connectivity index (χ1n) is 7.86. The van der Waals surface area contributed by atoms with E-state index in [-0.39, 0.29) is 5.91 Å². The Morgan fingerprint density at radius 1 is 1.04 bits per heavy atom. The molecule has 1 aromatic heterocycles. The Kier molecular flexibility index (Phi) is 5.40. The second-order valence-corrected chi connectivity index (χ2v) is 7.16. The maximum Gasteiger partial charge on any atom is 0.341 e. The minimum atomic E-state index is -0.498. The Morgan fingerprint density at radius 2 is 1.69 bits per heavy atom. The molecule has 0 aliphatic heterocycles. The maximum atomic E-state index is 12.6. The third-order valence-corrected chi connectivity index (χ3v) is 5.23. The van der Waals surface area contributed by atoms with E-state index in [4.69, 9.17) is 16.3 Å². The molecule has 1 amide bonds. The number of halogens is 1. The van der Waals surface area contributed by atoms with Gasteiger partial charge in [0, 0.05) is 10.4 Å². The quantitative estimate of drug-likeness (QED) is 0.610. The predicted octanol–water partition coefficient (Wildman–Crippen LogP) is 5.42. The summed E-state index contributed by atoms with van der Waals surface area (Å²) in [6.07, 6.45) is 0. The topological polar surface area (TPSA) is 55.4 Å². The number of anilines is 1. The van der Waals surface area contributed by atoms with Gasteiger partial charge in [0.1, 0.15) is 10.6 Å². The SMILES string of the molecule is COC(=O)c1c(NC(=O)c2ccccc2Cl)sc(C)c1-c1ccccc1. The molecule has 0 atom stereocenters. The summed E-state index contributed by atoms with van der Waals surface area (Å²) in [5, 5.41) is 3.60. The van der Waals surface area contributed by atoms with Crippen LogP contribution in [0.5, 0.6) is 0 Å². The summed E-state index contributed by atoms with van der Waals surface area (Å²) in [5.41, 5.74) is 2.34. The normalized spacial score (nSPS) is 10.4. The van der Waals surface area contributed by atoms with Crippen LogP contribution in [0.3, 0.4) is 0 Å². The first-order valence-corrected chi connectivity index (χ1v) is 9.05. The van der Waals surface area contributed by atoms with E-state index in [1.807, 2.05) is 37.3 Å². The van der Waals surface area contributed by atoms with Crippen LogP contribution < -0.4 is 5.32 Å². The van der Waals surface area contributed by atoms with Gasteiger partial charge in [0.05, 0.1) is 17.7 Å². The minimum Gasteiger partial charge on any atom is -0.465 e. The number of benzene rings is 2. The fourth-order valence-corrected chi connectivity index (χ4v) is 3.98. The number of carbonyl (C=O) groups is 2. The molecule has 0 fully saturated rings. The van der Waals surface area contributed by atoms with Crippen molar-refractivity contribution in [1.82, 2.24) is 0 Å². The maximum absolute atomic E-state index is 12.6. The summed E-state index contributed by atoms with van der Waals surface area (Å²) >= 11 is 7.43. The molecule has 0 saturated carbocycles. The molecule has 2 aromatic carbocycles. The molecule has 3 rings (SSSR count). The molecule has 0 aliphatic carbocycles. The number of carbonyl (C=O) groups excluding carboxylic acids is 2. The average molecular weight is 386 g/mol. The van der Waals surface area contributed by atoms with Crippen molar-refractivity contribution >= 4 is 39.8 Å². The van der Waals surface area contributed by atoms with Gasteiger partial charge in [0.25, 0.3) is 5.91 Å². The van der Waals surface area contributed by atoms with Gasteiger partial charge in [0.2, 0.25) is 0 Å². The summed E-state index contributed by atoms with van der Waals surface area (Å²) in [6.45, 7) is 1.91. The number of ether oxygens (including phenoxy) is 1. The third-order valence-electron chi connectivity index (χ3n) is 3.88. The fourth-order valence-electron chi connectivity index (χ4n) is 2.70. The van der Waals surface area contributed by atoms with Crippen molar-refractivity contribution in [3.8, 4) is 11.1 Å². The van der Waals surface area contributed by atoms with Crippen LogP contribution in [0.2, 0.25) is 5.02 Å². The number of amides is 1. The Labute approximate surface area is 160 Å². The number of aryl methyl sites for hydroxylation is 1. The molecular weight excluding hydrogens is 370 g/mol. The lowest BCUT2D eigenvalue weighted by molar-refractivity contribution is 0.0603. The third kappa shape index (κ3) is 3.49. The monoisotopic (exact) mass is 385 g/mol. The molecule has 26 heavy (non-hydrogen) atoms. The Morgan fingerprint density at radius 3 is 2.35 bits per heavy atom. The van der Waals surface area contributed by atoms with Gasteiger partial charge in [-0.2, -0.15) is 0 Å². The number of nitrogens with one attached hydrogen (secondary N) is 1. The molecule has 1 heterocycles. The van der Waals surface area contributed by atoms with Crippen molar-refractivity contribution in [2.24, 2.45) is 0 Å². The highest BCUT2D eigenvalue weighted by Crippen LogP contribution is 2.40. The lowest BCUT2D eigenvalue weighted by Gasteiger charge is -2.09. The second kappa shape index (κ2) is 7.72. The van der Waals surface area contributed by atoms with Gasteiger partial charge >= 0.3 is 5.97 Å². The summed E-state index contributed by atoms with van der Waals surface area (Å²) in [6, 6.07) is 16.3. The van der Waals surface area contributed by atoms with Crippen LogP contribution in [-0.2, 0) is 4.74 Å². The lowest BCUT2D eigenvalue weighted by atomic mass is 10.0. The lowest BCUT2D eigenvalue weighted by Crippen LogP contribution is -2.14. The fraction of sp³-hybridized carbons (Fsp3) is 0.100. The molecule has 0 unspecified atom stereocenters. The van der Waals surface area contributed by atoms with E-state index in [9.17, 15) is 9.59 Å². The molecule has 6 heteroatoms. The molecule has 0 aliphatic rings. The minimum absolute atomic E-state index is 0.345. The Balaban J connectivity index is 2.07. The Hall–Kier alpha value is -2.63. The van der Waals surface area contributed by atoms with Crippen molar-refractivity contribution in [2.75, 3.05) is 12.4 Å². The van der Waals surface area contributed by atoms with E-state index >= 15 is 0 Å². The predicted molar refractivity (Wildman–Crippen MR) is 105 cm³/mol. The van der Waals surface area contributed by atoms with Gasteiger partial charge in [-0.25, -0.2) is 4.79 Å². The van der Waals surface area contributed by atoms with E-state index in [1.54, 1.807) is 24.3 Å². The van der Waals surface area contributed by atoms with Crippen molar-refractivity contribution in [1.29, 1.82) is 0 Å². The molecule has 1 N–H and O–H groups in total. The zero-order valence-corrected chi connectivity index (χ0v) is 15.8. The van der Waals surface area contributed by atoms with Crippen molar-refractivity contribution in [2.45, 2.75) is 6.92 Å². The zero-order valence-electron chi connectivity index (χ0n) is 14.2. The van der Waals surface area contributed by atoms with Gasteiger partial charge < -0.3 is 10.1 Å². The van der Waals surface area contributed by atoms with E-state index in [0.29, 0.717) is 21.2 Å². The van der Waals surface area contributed by atoms with Gasteiger partial charge in [-0.1, -0.05) is 54.1 Å².